The summed E-state index contributed by atoms with van der Waals surface area (Å²) in [5.74, 6) is 0.133. The summed E-state index contributed by atoms with van der Waals surface area (Å²) in [5.41, 5.74) is -3.57. The Morgan fingerprint density at radius 1 is 0.662 bits per heavy atom. The summed E-state index contributed by atoms with van der Waals surface area (Å²) in [5, 5.41) is 38.8. The van der Waals surface area contributed by atoms with E-state index in [1.807, 2.05) is 9.80 Å². The van der Waals surface area contributed by atoms with Crippen LogP contribution in [-0.4, -0.2) is 108 Å². The highest BCUT2D eigenvalue weighted by Gasteiger charge is 2.30. The maximum absolute atomic E-state index is 12.7. The number of aromatic amines is 2. The molecule has 0 spiro atoms. The van der Waals surface area contributed by atoms with E-state index in [-0.39, 0.29) is 51.2 Å². The van der Waals surface area contributed by atoms with Crippen LogP contribution in [0.1, 0.15) is 48.4 Å². The second-order valence-electron chi connectivity index (χ2n) is 14.0. The van der Waals surface area contributed by atoms with E-state index in [1.165, 1.54) is 67.3 Å². The van der Waals surface area contributed by atoms with E-state index in [4.69, 9.17) is 23.2 Å². The first-order valence-electron chi connectivity index (χ1n) is 19.1. The minimum absolute atomic E-state index is 0. The van der Waals surface area contributed by atoms with Gasteiger partial charge >= 0.3 is 11.1 Å². The lowest BCUT2D eigenvalue weighted by Gasteiger charge is -2.20. The number of nitrogens with one attached hydrogen (secondary N) is 4. The van der Waals surface area contributed by atoms with Crippen molar-refractivity contribution < 1.29 is 46.8 Å². The van der Waals surface area contributed by atoms with Crippen LogP contribution in [0.5, 0.6) is 11.5 Å². The van der Waals surface area contributed by atoms with Crippen molar-refractivity contribution in [3.05, 3.63) is 109 Å². The number of aliphatic hydroxyl groups excluding tert-OH is 2. The van der Waals surface area contributed by atoms with Gasteiger partial charge in [0.1, 0.15) is 23.1 Å². The number of alkyl halides is 7. The molecule has 2 amide bonds. The zero-order valence-corrected chi connectivity index (χ0v) is 38.2. The zero-order valence-electron chi connectivity index (χ0n) is 34.3. The molecule has 4 aromatic heterocycles. The maximum Gasteiger partial charge on any atom is 0.487 e. The number of carbonyl (C=O) groups is 2. The first-order chi connectivity index (χ1) is 30.6. The van der Waals surface area contributed by atoms with Crippen LogP contribution in [0, 0.1) is 0 Å². The van der Waals surface area contributed by atoms with Crippen LogP contribution in [-0.2, 0) is 0 Å². The maximum atomic E-state index is 12.7. The molecule has 0 radical (unpaired) electrons. The molecule has 2 aliphatic heterocycles. The van der Waals surface area contributed by atoms with Crippen LogP contribution in [0.4, 0.5) is 40.6 Å². The van der Waals surface area contributed by atoms with Gasteiger partial charge in [0.05, 0.1) is 34.7 Å². The minimum Gasteiger partial charge on any atom is -0.420 e. The molecule has 25 heteroatoms. The second-order valence-corrected chi connectivity index (χ2v) is 14.8. The molecular formula is C43H49Cl5F4N10O6. The number of hydrogen-bond acceptors (Lipinski definition) is 12. The highest BCUT2D eigenvalue weighted by Crippen LogP contribution is 2.33. The minimum atomic E-state index is -3.81. The van der Waals surface area contributed by atoms with Gasteiger partial charge < -0.3 is 40.1 Å². The number of nitrogens with zero attached hydrogens (tertiary/aromatic N) is 6. The molecule has 2 aliphatic rings. The van der Waals surface area contributed by atoms with Crippen molar-refractivity contribution in [3.63, 3.8) is 0 Å². The number of pyridine rings is 2. The third-order valence-electron chi connectivity index (χ3n) is 9.46. The Labute approximate surface area is 416 Å². The molecule has 68 heavy (non-hydrogen) atoms. The number of benzene rings is 2. The highest BCUT2D eigenvalue weighted by molar-refractivity contribution is 6.21. The van der Waals surface area contributed by atoms with E-state index in [2.05, 4.69) is 62.1 Å². The molecule has 0 unspecified atom stereocenters. The normalized spacial score (nSPS) is 15.0. The van der Waals surface area contributed by atoms with Crippen LogP contribution in [0.25, 0.3) is 22.5 Å². The Hall–Kier alpha value is -5.61. The lowest BCUT2D eigenvalue weighted by atomic mass is 10.1. The van der Waals surface area contributed by atoms with Crippen molar-refractivity contribution in [2.45, 2.75) is 51.0 Å². The second kappa shape index (κ2) is 26.2. The monoisotopic (exact) mass is 1050 g/mol. The fourth-order valence-electron chi connectivity index (χ4n) is 6.63. The van der Waals surface area contributed by atoms with Gasteiger partial charge in [-0.25, -0.2) is 9.97 Å². The Morgan fingerprint density at radius 2 is 1.01 bits per heavy atom. The van der Waals surface area contributed by atoms with Crippen molar-refractivity contribution in [2.75, 3.05) is 53.0 Å². The molecule has 2 atom stereocenters. The van der Waals surface area contributed by atoms with Crippen molar-refractivity contribution in [1.82, 2.24) is 30.4 Å². The summed E-state index contributed by atoms with van der Waals surface area (Å²) in [7, 11) is 0. The average Bonchev–Trinajstić information content (AvgIpc) is 4.12. The van der Waals surface area contributed by atoms with E-state index in [1.54, 1.807) is 36.7 Å². The number of hydrogen-bond donors (Lipinski definition) is 6. The van der Waals surface area contributed by atoms with Crippen LogP contribution < -0.4 is 29.9 Å². The molecule has 6 heterocycles. The van der Waals surface area contributed by atoms with E-state index in [0.717, 1.165) is 0 Å². The van der Waals surface area contributed by atoms with E-state index < -0.39 is 35.2 Å². The summed E-state index contributed by atoms with van der Waals surface area (Å²) < 4.78 is 59.3. The molecule has 0 aliphatic carbocycles. The molecule has 6 aromatic rings. The number of anilines is 4. The Kier molecular flexibility index (Phi) is 22.6. The molecule has 0 bridgehead atoms. The molecule has 8 rings (SSSR count). The topological polar surface area (TPSA) is 207 Å². The van der Waals surface area contributed by atoms with Crippen LogP contribution in [0.2, 0.25) is 0 Å². The van der Waals surface area contributed by atoms with Crippen LogP contribution in [0.3, 0.4) is 0 Å². The summed E-state index contributed by atoms with van der Waals surface area (Å²) in [6.45, 7) is 2.21. The van der Waals surface area contributed by atoms with E-state index in [0.29, 0.717) is 95.7 Å². The van der Waals surface area contributed by atoms with Crippen molar-refractivity contribution >= 4 is 94.4 Å². The number of aromatic nitrogens is 6. The van der Waals surface area contributed by atoms with Crippen LogP contribution in [0.15, 0.2) is 97.6 Å². The predicted octanol–water partition coefficient (Wildman–Crippen LogP) is 9.90. The standard InChI is InChI=1S/2C20H18ClF2N5O3.CH3Cl.2CH4.2ClH/c2*21-20(22,23)31-15-3-1-13(2-4-15)26-19(30)12-9-16(17-5-7-25-27-17)18(24-10-12)28-8-6-14(29)11-28;1-2;;;;/h2*1-5,7,9-10,14,29H,6,8,11H2,(H,25,27)(H,26,30);1H3;2*1H4;2*1H/t2*14-;;;;;/m11...../s1. The largest absolute Gasteiger partial charge is 0.487 e. The predicted molar refractivity (Wildman–Crippen MR) is 261 cm³/mol. The first-order valence-corrected chi connectivity index (χ1v) is 20.7. The summed E-state index contributed by atoms with van der Waals surface area (Å²) in [4.78, 5) is 38.3. The number of halogens is 9. The summed E-state index contributed by atoms with van der Waals surface area (Å²) in [6.07, 6.45) is 7.98. The molecular weight excluding hydrogens is 1010 g/mol. The number of rotatable bonds is 12. The molecule has 2 fully saturated rings. The molecule has 2 aromatic carbocycles. The Bertz CT molecular complexity index is 2300. The molecule has 16 nitrogen and oxygen atoms in total. The van der Waals surface area contributed by atoms with Gasteiger partial charge in [-0.1, -0.05) is 14.9 Å². The van der Waals surface area contributed by atoms with Gasteiger partial charge in [-0.15, -0.1) is 54.0 Å². The van der Waals surface area contributed by atoms with E-state index in [9.17, 15) is 37.4 Å². The van der Waals surface area contributed by atoms with Gasteiger partial charge in [0.15, 0.2) is 0 Å². The smallest absolute Gasteiger partial charge is 0.420 e. The number of carbonyl (C=O) groups excluding carboxylic acids is 2. The molecule has 370 valence electrons. The van der Waals surface area contributed by atoms with Gasteiger partial charge in [-0.3, -0.25) is 19.8 Å². The van der Waals surface area contributed by atoms with Crippen LogP contribution >= 0.6 is 59.6 Å². The van der Waals surface area contributed by atoms with Gasteiger partial charge in [-0.05, 0) is 85.6 Å². The van der Waals surface area contributed by atoms with Gasteiger partial charge in [0, 0.05) is 103 Å². The van der Waals surface area contributed by atoms with Crippen molar-refractivity contribution in [2.24, 2.45) is 0 Å². The first kappa shape index (κ1) is 58.5. The van der Waals surface area contributed by atoms with Gasteiger partial charge in [0.25, 0.3) is 11.8 Å². The van der Waals surface area contributed by atoms with Crippen molar-refractivity contribution in [3.8, 4) is 34.0 Å². The summed E-state index contributed by atoms with van der Waals surface area (Å²) >= 11 is 14.1. The fourth-order valence-corrected chi connectivity index (χ4v) is 6.81. The van der Waals surface area contributed by atoms with Gasteiger partial charge in [0.2, 0.25) is 0 Å². The summed E-state index contributed by atoms with van der Waals surface area (Å²) in [6, 6.07) is 17.6. The molecule has 0 saturated carbocycles. The Morgan fingerprint density at radius 3 is 1.29 bits per heavy atom. The quantitative estimate of drug-likeness (QED) is 0.0500. The number of amides is 2. The number of ether oxygens (including phenoxy) is 2. The SMILES string of the molecule is C.C.CCl.Cl.Cl.O=C(Nc1ccc(OC(F)(F)Cl)cc1)c1cnc(N2CC[C@@H](O)C2)c(-c2ccn[nH]2)c1.O=C(Nc1ccc(OC(F)(F)Cl)cc1)c1cnc(N2CC[C@@H](O)C2)c(-c2ccn[nH]2)c1. The lowest BCUT2D eigenvalue weighted by Crippen LogP contribution is -2.23. The average molecular weight is 1060 g/mol. The Balaban J connectivity index is 0.000000426. The van der Waals surface area contributed by atoms with Gasteiger partial charge in [-0.2, -0.15) is 10.2 Å². The lowest BCUT2D eigenvalue weighted by molar-refractivity contribution is -0.0972. The number of H-pyrrole nitrogens is 2. The third kappa shape index (κ3) is 16.3. The zero-order chi connectivity index (χ0) is 46.0. The van der Waals surface area contributed by atoms with E-state index >= 15 is 0 Å². The molecule has 6 N–H and O–H groups in total. The number of aliphatic hydroxyl groups is 2. The fraction of sp³-hybridized carbons (Fsp3) is 0.302. The van der Waals surface area contributed by atoms with Crippen molar-refractivity contribution in [1.29, 1.82) is 0 Å². The number of β-amino-alcohol motifs (C(OH)–C–C–N with tert-alkyl or cyclic N) is 2. The highest BCUT2D eigenvalue weighted by atomic mass is 35.5. The third-order valence-corrected chi connectivity index (χ3v) is 9.61. The molecule has 2 saturated heterocycles.